The van der Waals surface area contributed by atoms with E-state index >= 15 is 0 Å². The molecule has 1 fully saturated rings. The Bertz CT molecular complexity index is 1330. The maximum Gasteiger partial charge on any atom is 0.255 e. The molecule has 1 atom stereocenters. The van der Waals surface area contributed by atoms with E-state index in [0.717, 1.165) is 27.9 Å². The van der Waals surface area contributed by atoms with Crippen LogP contribution in [0.15, 0.2) is 65.7 Å². The van der Waals surface area contributed by atoms with E-state index < -0.39 is 0 Å². The molecule has 0 aliphatic carbocycles. The molecule has 9 heteroatoms. The Balaban J connectivity index is 1.24. The first-order chi connectivity index (χ1) is 16.5. The number of pyridine rings is 1. The second kappa shape index (κ2) is 8.86. The zero-order chi connectivity index (χ0) is 23.7. The van der Waals surface area contributed by atoms with Gasteiger partial charge in [0.25, 0.3) is 11.8 Å². The Kier molecular flexibility index (Phi) is 5.59. The Morgan fingerprint density at radius 3 is 2.71 bits per heavy atom. The van der Waals surface area contributed by atoms with E-state index in [4.69, 9.17) is 10.2 Å². The molecule has 1 saturated heterocycles. The zero-order valence-corrected chi connectivity index (χ0v) is 18.6. The summed E-state index contributed by atoms with van der Waals surface area (Å²) in [5, 5.41) is 9.92. The number of likely N-dealkylation sites (tertiary alicyclic amines) is 1. The molecule has 1 aliphatic heterocycles. The highest BCUT2D eigenvalue weighted by molar-refractivity contribution is 6.00. The predicted molar refractivity (Wildman–Crippen MR) is 127 cm³/mol. The van der Waals surface area contributed by atoms with Crippen LogP contribution in [0.1, 0.15) is 32.8 Å². The van der Waals surface area contributed by atoms with Gasteiger partial charge in [0.15, 0.2) is 0 Å². The lowest BCUT2D eigenvalue weighted by atomic mass is 10.1. The van der Waals surface area contributed by atoms with Gasteiger partial charge in [-0.05, 0) is 43.2 Å². The largest absolute Gasteiger partial charge is 0.472 e. The van der Waals surface area contributed by atoms with Crippen molar-refractivity contribution in [1.29, 1.82) is 0 Å². The van der Waals surface area contributed by atoms with Crippen LogP contribution < -0.4 is 11.1 Å². The molecule has 0 bridgehead atoms. The van der Waals surface area contributed by atoms with Gasteiger partial charge < -0.3 is 20.4 Å². The number of rotatable bonds is 5. The van der Waals surface area contributed by atoms with E-state index in [1.807, 2.05) is 37.3 Å². The van der Waals surface area contributed by atoms with Gasteiger partial charge in [-0.15, -0.1) is 0 Å². The number of hydrogen-bond acceptors (Lipinski definition) is 6. The molecular weight excluding hydrogens is 432 g/mol. The highest BCUT2D eigenvalue weighted by Gasteiger charge is 2.29. The second-order valence-electron chi connectivity index (χ2n) is 8.34. The molecule has 3 aromatic heterocycles. The molecule has 4 heterocycles. The summed E-state index contributed by atoms with van der Waals surface area (Å²) in [6.45, 7) is 2.87. The maximum atomic E-state index is 13.0. The summed E-state index contributed by atoms with van der Waals surface area (Å²) in [4.78, 5) is 31.9. The van der Waals surface area contributed by atoms with E-state index in [1.54, 1.807) is 35.9 Å². The molecule has 2 amide bonds. The molecule has 172 valence electrons. The maximum absolute atomic E-state index is 13.0. The van der Waals surface area contributed by atoms with Gasteiger partial charge in [0.1, 0.15) is 5.82 Å². The van der Waals surface area contributed by atoms with Crippen molar-refractivity contribution in [3.05, 3.63) is 78.1 Å². The molecule has 0 unspecified atom stereocenters. The summed E-state index contributed by atoms with van der Waals surface area (Å²) in [7, 11) is 0. The first-order valence-corrected chi connectivity index (χ1v) is 11.0. The van der Waals surface area contributed by atoms with Gasteiger partial charge in [0, 0.05) is 53.8 Å². The van der Waals surface area contributed by atoms with Crippen LogP contribution in [0.3, 0.4) is 0 Å². The van der Waals surface area contributed by atoms with Crippen molar-refractivity contribution in [2.24, 2.45) is 0 Å². The van der Waals surface area contributed by atoms with Crippen LogP contribution in [0.25, 0.3) is 22.3 Å². The van der Waals surface area contributed by atoms with Crippen molar-refractivity contribution in [3.8, 4) is 22.3 Å². The summed E-state index contributed by atoms with van der Waals surface area (Å²) in [5.74, 6) is -0.211. The number of nitrogens with two attached hydrogens (primary N) is 1. The monoisotopic (exact) mass is 456 g/mol. The lowest BCUT2D eigenvalue weighted by Gasteiger charge is -2.18. The van der Waals surface area contributed by atoms with Crippen molar-refractivity contribution < 1.29 is 14.0 Å². The third-order valence-electron chi connectivity index (χ3n) is 6.10. The van der Waals surface area contributed by atoms with Crippen LogP contribution in [0.5, 0.6) is 0 Å². The third kappa shape index (κ3) is 4.15. The number of furan rings is 1. The molecular formula is C25H24N6O3. The fourth-order valence-electron chi connectivity index (χ4n) is 4.20. The summed E-state index contributed by atoms with van der Waals surface area (Å²) in [5.41, 5.74) is 11.3. The minimum atomic E-state index is -0.309. The molecule has 4 aromatic rings. The molecule has 4 N–H and O–H groups in total. The Morgan fingerprint density at radius 1 is 1.18 bits per heavy atom. The minimum absolute atomic E-state index is 0.0610. The number of H-pyrrole nitrogens is 1. The van der Waals surface area contributed by atoms with Crippen LogP contribution in [0, 0.1) is 6.92 Å². The van der Waals surface area contributed by atoms with E-state index in [-0.39, 0.29) is 23.7 Å². The smallest absolute Gasteiger partial charge is 0.255 e. The summed E-state index contributed by atoms with van der Waals surface area (Å²) in [6.07, 6.45) is 7.33. The predicted octanol–water partition coefficient (Wildman–Crippen LogP) is 3.27. The number of carbonyl (C=O) groups excluding carboxylic acids is 2. The molecule has 0 spiro atoms. The molecule has 1 aromatic carbocycles. The highest BCUT2D eigenvalue weighted by atomic mass is 16.3. The van der Waals surface area contributed by atoms with Crippen LogP contribution in [-0.2, 0) is 0 Å². The van der Waals surface area contributed by atoms with Crippen molar-refractivity contribution >= 4 is 17.6 Å². The molecule has 1 aliphatic rings. The van der Waals surface area contributed by atoms with Gasteiger partial charge in [-0.1, -0.05) is 12.1 Å². The minimum Gasteiger partial charge on any atom is -0.472 e. The number of aryl methyl sites for hydroxylation is 1. The average Bonchev–Trinajstić information content (AvgIpc) is 3.62. The first-order valence-electron chi connectivity index (χ1n) is 11.0. The number of benzene rings is 1. The number of anilines is 1. The number of hydrogen-bond donors (Lipinski definition) is 3. The van der Waals surface area contributed by atoms with E-state index in [1.165, 1.54) is 0 Å². The van der Waals surface area contributed by atoms with Crippen molar-refractivity contribution in [1.82, 2.24) is 25.4 Å². The van der Waals surface area contributed by atoms with Gasteiger partial charge >= 0.3 is 0 Å². The Morgan fingerprint density at radius 2 is 2.00 bits per heavy atom. The molecule has 9 nitrogen and oxygen atoms in total. The molecule has 0 radical (unpaired) electrons. The lowest BCUT2D eigenvalue weighted by Crippen LogP contribution is -2.38. The molecule has 0 saturated carbocycles. The van der Waals surface area contributed by atoms with Gasteiger partial charge in [-0.3, -0.25) is 14.7 Å². The molecule has 34 heavy (non-hydrogen) atoms. The topological polar surface area (TPSA) is 130 Å². The number of amides is 2. The third-order valence-corrected chi connectivity index (χ3v) is 6.10. The standard InChI is InChI=1S/C25H24N6O3/c1-15-22(12-28-30-15)19-10-21(23(26)27-11-19)24(32)29-20-6-8-31(13-20)25(33)17-4-2-16(3-5-17)18-7-9-34-14-18/h2-5,7,9-12,14,20H,6,8,13H2,1H3,(H2,26,27)(H,28,30)(H,29,32)/t20-/m1/s1. The van der Waals surface area contributed by atoms with Gasteiger partial charge in [-0.2, -0.15) is 5.10 Å². The second-order valence-corrected chi connectivity index (χ2v) is 8.34. The highest BCUT2D eigenvalue weighted by Crippen LogP contribution is 2.25. The fraction of sp³-hybridized carbons (Fsp3) is 0.200. The average molecular weight is 457 g/mol. The summed E-state index contributed by atoms with van der Waals surface area (Å²) < 4.78 is 5.12. The van der Waals surface area contributed by atoms with Crippen LogP contribution in [0.4, 0.5) is 5.82 Å². The van der Waals surface area contributed by atoms with Crippen LogP contribution in [0.2, 0.25) is 0 Å². The number of aromatic amines is 1. The zero-order valence-electron chi connectivity index (χ0n) is 18.6. The fourth-order valence-corrected chi connectivity index (χ4v) is 4.20. The first kappa shape index (κ1) is 21.4. The van der Waals surface area contributed by atoms with Crippen molar-refractivity contribution in [3.63, 3.8) is 0 Å². The van der Waals surface area contributed by atoms with Crippen molar-refractivity contribution in [2.75, 3.05) is 18.8 Å². The number of nitrogens with one attached hydrogen (secondary N) is 2. The van der Waals surface area contributed by atoms with Gasteiger partial charge in [0.2, 0.25) is 0 Å². The van der Waals surface area contributed by atoms with Gasteiger partial charge in [0.05, 0.1) is 23.8 Å². The van der Waals surface area contributed by atoms with Crippen LogP contribution >= 0.6 is 0 Å². The SMILES string of the molecule is Cc1n[nH]cc1-c1cnc(N)c(C(=O)N[C@@H]2CCN(C(=O)c3ccc(-c4ccoc4)cc3)C2)c1. The van der Waals surface area contributed by atoms with Crippen LogP contribution in [-0.4, -0.2) is 51.0 Å². The summed E-state index contributed by atoms with van der Waals surface area (Å²) in [6, 6.07) is 10.8. The van der Waals surface area contributed by atoms with Crippen molar-refractivity contribution in [2.45, 2.75) is 19.4 Å². The molecule has 5 rings (SSSR count). The Hall–Kier alpha value is -4.40. The van der Waals surface area contributed by atoms with Gasteiger partial charge in [-0.25, -0.2) is 4.98 Å². The number of carbonyl (C=O) groups is 2. The van der Waals surface area contributed by atoms with E-state index in [0.29, 0.717) is 30.6 Å². The number of aromatic nitrogens is 3. The quantitative estimate of drug-likeness (QED) is 0.423. The number of nitrogen functional groups attached to an aromatic ring is 1. The van der Waals surface area contributed by atoms with E-state index in [2.05, 4.69) is 20.5 Å². The Labute approximate surface area is 196 Å². The summed E-state index contributed by atoms with van der Waals surface area (Å²) >= 11 is 0. The lowest BCUT2D eigenvalue weighted by molar-refractivity contribution is 0.0783. The van der Waals surface area contributed by atoms with E-state index in [9.17, 15) is 9.59 Å². The normalized spacial score (nSPS) is 15.4. The number of nitrogens with zero attached hydrogens (tertiary/aromatic N) is 3.